The molecule has 5 atom stereocenters. The number of nitrogens with zero attached hydrogens (tertiary/aromatic N) is 1. The minimum absolute atomic E-state index is 0.0247. The number of hydrogen-bond donors (Lipinski definition) is 1. The molecule has 2 aliphatic carbocycles. The van der Waals surface area contributed by atoms with Crippen molar-refractivity contribution in [2.45, 2.75) is 56.2 Å². The van der Waals surface area contributed by atoms with Crippen LogP contribution in [0.1, 0.15) is 37.3 Å². The summed E-state index contributed by atoms with van der Waals surface area (Å²) in [6.45, 7) is 2.69. The van der Waals surface area contributed by atoms with E-state index in [9.17, 15) is 4.79 Å². The van der Waals surface area contributed by atoms with E-state index in [0.29, 0.717) is 12.0 Å². The Balaban J connectivity index is 1.71. The predicted octanol–water partition coefficient (Wildman–Crippen LogP) is 1.87. The Morgan fingerprint density at radius 2 is 2.24 bits per heavy atom. The van der Waals surface area contributed by atoms with Crippen molar-refractivity contribution in [3.8, 4) is 11.5 Å². The first-order valence-corrected chi connectivity index (χ1v) is 9.40. The number of ether oxygens (including phenoxy) is 2. The van der Waals surface area contributed by atoms with Gasteiger partial charge in [0.25, 0.3) is 0 Å². The Bertz CT molecular complexity index is 749. The van der Waals surface area contributed by atoms with Crippen molar-refractivity contribution in [3.63, 3.8) is 0 Å². The highest BCUT2D eigenvalue weighted by atomic mass is 16.5. The Hall–Kier alpha value is -1.75. The van der Waals surface area contributed by atoms with E-state index in [0.717, 1.165) is 43.7 Å². The first-order chi connectivity index (χ1) is 12.1. The van der Waals surface area contributed by atoms with E-state index in [2.05, 4.69) is 23.3 Å². The third-order valence-electron chi connectivity index (χ3n) is 7.19. The van der Waals surface area contributed by atoms with E-state index in [4.69, 9.17) is 9.47 Å². The molecule has 1 aromatic carbocycles. The zero-order valence-electron chi connectivity index (χ0n) is 15.2. The zero-order valence-corrected chi connectivity index (χ0v) is 15.2. The monoisotopic (exact) mass is 342 g/mol. The lowest BCUT2D eigenvalue weighted by molar-refractivity contribution is -0.122. The Morgan fingerprint density at radius 1 is 1.40 bits per heavy atom. The summed E-state index contributed by atoms with van der Waals surface area (Å²) in [5.41, 5.74) is 2.83. The van der Waals surface area contributed by atoms with Crippen LogP contribution in [0.4, 0.5) is 0 Å². The van der Waals surface area contributed by atoms with Crippen molar-refractivity contribution in [3.05, 3.63) is 23.3 Å². The molecule has 1 aromatic rings. The second-order valence-corrected chi connectivity index (χ2v) is 8.20. The van der Waals surface area contributed by atoms with Crippen LogP contribution < -0.4 is 14.8 Å². The molecule has 5 heteroatoms. The van der Waals surface area contributed by atoms with Crippen LogP contribution in [0.3, 0.4) is 0 Å². The van der Waals surface area contributed by atoms with Crippen LogP contribution in [0.15, 0.2) is 12.1 Å². The smallest absolute Gasteiger partial charge is 0.217 e. The van der Waals surface area contributed by atoms with Gasteiger partial charge < -0.3 is 19.7 Å². The van der Waals surface area contributed by atoms with Crippen LogP contribution >= 0.6 is 0 Å². The minimum atomic E-state index is 0.0247. The van der Waals surface area contributed by atoms with Gasteiger partial charge in [-0.2, -0.15) is 0 Å². The first kappa shape index (κ1) is 15.5. The summed E-state index contributed by atoms with van der Waals surface area (Å²) in [4.78, 5) is 14.3. The highest BCUT2D eigenvalue weighted by Gasteiger charge is 2.65. The molecule has 1 saturated heterocycles. The first-order valence-electron chi connectivity index (χ1n) is 9.40. The number of methoxy groups -OCH3 is 1. The average Bonchev–Trinajstić information content (AvgIpc) is 2.94. The molecule has 1 saturated carbocycles. The van der Waals surface area contributed by atoms with E-state index in [1.165, 1.54) is 11.1 Å². The molecule has 1 amide bonds. The molecule has 2 aliphatic heterocycles. The maximum atomic E-state index is 11.8. The molecule has 3 unspecified atom stereocenters. The second kappa shape index (κ2) is 5.13. The van der Waals surface area contributed by atoms with Gasteiger partial charge in [0, 0.05) is 23.9 Å². The fourth-order valence-electron chi connectivity index (χ4n) is 6.30. The number of carbonyl (C=O) groups excluding carboxylic acids is 1. The molecule has 4 aliphatic rings. The molecule has 0 radical (unpaired) electrons. The predicted molar refractivity (Wildman–Crippen MR) is 94.2 cm³/mol. The van der Waals surface area contributed by atoms with Gasteiger partial charge in [0.1, 0.15) is 6.10 Å². The molecule has 25 heavy (non-hydrogen) atoms. The summed E-state index contributed by atoms with van der Waals surface area (Å²) in [5.74, 6) is 2.41. The van der Waals surface area contributed by atoms with Crippen LogP contribution in [-0.4, -0.2) is 49.7 Å². The van der Waals surface area contributed by atoms with Crippen LogP contribution in [0, 0.1) is 5.92 Å². The molecule has 1 spiro atoms. The summed E-state index contributed by atoms with van der Waals surface area (Å²) in [6, 6.07) is 4.94. The van der Waals surface area contributed by atoms with Crippen molar-refractivity contribution in [2.24, 2.45) is 5.92 Å². The van der Waals surface area contributed by atoms with Crippen molar-refractivity contribution >= 4 is 5.91 Å². The number of carbonyl (C=O) groups is 1. The number of amides is 1. The highest BCUT2D eigenvalue weighted by molar-refractivity contribution is 5.73. The van der Waals surface area contributed by atoms with Gasteiger partial charge >= 0.3 is 0 Å². The van der Waals surface area contributed by atoms with Crippen LogP contribution in [0.25, 0.3) is 0 Å². The number of benzene rings is 1. The zero-order chi connectivity index (χ0) is 17.3. The van der Waals surface area contributed by atoms with E-state index >= 15 is 0 Å². The van der Waals surface area contributed by atoms with Gasteiger partial charge in [-0.3, -0.25) is 4.79 Å². The maximum Gasteiger partial charge on any atom is 0.217 e. The lowest BCUT2D eigenvalue weighted by Gasteiger charge is -2.59. The average molecular weight is 342 g/mol. The second-order valence-electron chi connectivity index (χ2n) is 8.20. The number of piperidine rings is 1. The van der Waals surface area contributed by atoms with Gasteiger partial charge in [0.15, 0.2) is 11.5 Å². The number of nitrogens with one attached hydrogen (secondary N) is 1. The number of likely N-dealkylation sites (tertiary alicyclic amines) is 1. The normalized spacial score (nSPS) is 37.9. The van der Waals surface area contributed by atoms with E-state index in [-0.39, 0.29) is 23.5 Å². The summed E-state index contributed by atoms with van der Waals surface area (Å²) in [7, 11) is 3.97. The molecule has 5 rings (SSSR count). The SMILES string of the molecule is COc1ccc2c3c1OC1C(NC(C)=O)CCC4[C@H](C2)N(C)CC[C@@]314. The fraction of sp³-hybridized carbons (Fsp3) is 0.650. The minimum Gasteiger partial charge on any atom is -0.493 e. The van der Waals surface area contributed by atoms with Gasteiger partial charge in [-0.05, 0) is 56.8 Å². The molecule has 2 bridgehead atoms. The largest absolute Gasteiger partial charge is 0.493 e. The van der Waals surface area contributed by atoms with Gasteiger partial charge in [-0.1, -0.05) is 6.07 Å². The Kier molecular flexibility index (Phi) is 3.18. The van der Waals surface area contributed by atoms with Crippen molar-refractivity contribution in [1.82, 2.24) is 10.2 Å². The maximum absolute atomic E-state index is 11.8. The molecule has 5 nitrogen and oxygen atoms in total. The van der Waals surface area contributed by atoms with Crippen LogP contribution in [-0.2, 0) is 16.6 Å². The third-order valence-corrected chi connectivity index (χ3v) is 7.19. The lowest BCUT2D eigenvalue weighted by atomic mass is 9.51. The van der Waals surface area contributed by atoms with Crippen molar-refractivity contribution in [2.75, 3.05) is 20.7 Å². The molecular formula is C20H26N2O3. The summed E-state index contributed by atoms with van der Waals surface area (Å²) in [5, 5.41) is 3.18. The fourth-order valence-corrected chi connectivity index (χ4v) is 6.30. The molecule has 0 aromatic heterocycles. The lowest BCUT2D eigenvalue weighted by Crippen LogP contribution is -2.68. The van der Waals surface area contributed by atoms with E-state index in [1.54, 1.807) is 14.0 Å². The van der Waals surface area contributed by atoms with Gasteiger partial charge in [0.05, 0.1) is 13.2 Å². The van der Waals surface area contributed by atoms with Gasteiger partial charge in [-0.25, -0.2) is 0 Å². The van der Waals surface area contributed by atoms with E-state index in [1.807, 2.05) is 6.07 Å². The summed E-state index contributed by atoms with van der Waals surface area (Å²) >= 11 is 0. The third kappa shape index (κ3) is 1.85. The molecule has 2 heterocycles. The summed E-state index contributed by atoms with van der Waals surface area (Å²) < 4.78 is 12.2. The molecule has 1 N–H and O–H groups in total. The number of rotatable bonds is 2. The Morgan fingerprint density at radius 3 is 3.00 bits per heavy atom. The van der Waals surface area contributed by atoms with Gasteiger partial charge in [0.2, 0.25) is 5.91 Å². The topological polar surface area (TPSA) is 50.8 Å². The summed E-state index contributed by atoms with van der Waals surface area (Å²) in [6.07, 6.45) is 4.36. The molecule has 134 valence electrons. The van der Waals surface area contributed by atoms with Crippen LogP contribution in [0.5, 0.6) is 11.5 Å². The standard InChI is InChI=1S/C20H26N2O3/c1-11(23)21-14-6-5-13-15-10-12-4-7-16(24-3)18-17(12)20(13,19(14)25-18)8-9-22(15)2/h4,7,13-15,19H,5-6,8-10H2,1-3H3,(H,21,23)/t13?,14?,15-,19?,20+/m0/s1. The van der Waals surface area contributed by atoms with Crippen LogP contribution in [0.2, 0.25) is 0 Å². The van der Waals surface area contributed by atoms with Crippen molar-refractivity contribution < 1.29 is 14.3 Å². The van der Waals surface area contributed by atoms with Gasteiger partial charge in [-0.15, -0.1) is 0 Å². The number of likely N-dealkylation sites (N-methyl/N-ethyl adjacent to an activating group) is 1. The molecule has 2 fully saturated rings. The Labute approximate surface area is 148 Å². The number of hydrogen-bond acceptors (Lipinski definition) is 4. The van der Waals surface area contributed by atoms with E-state index < -0.39 is 0 Å². The highest BCUT2D eigenvalue weighted by Crippen LogP contribution is 2.63. The van der Waals surface area contributed by atoms with Crippen molar-refractivity contribution in [1.29, 1.82) is 0 Å². The quantitative estimate of drug-likeness (QED) is 0.891. The molecular weight excluding hydrogens is 316 g/mol.